The molecular formula is C9H12N2O4S. The van der Waals surface area contributed by atoms with Gasteiger partial charge in [-0.1, -0.05) is 0 Å². The van der Waals surface area contributed by atoms with Gasteiger partial charge in [-0.15, -0.1) is 0 Å². The fourth-order valence-electron chi connectivity index (χ4n) is 2.01. The van der Waals surface area contributed by atoms with Crippen molar-refractivity contribution in [1.82, 2.24) is 10.2 Å². The van der Waals surface area contributed by atoms with Crippen LogP contribution in [0.1, 0.15) is 6.42 Å². The Balaban J connectivity index is 2.14. The Labute approximate surface area is 96.4 Å². The number of imide groups is 1. The topological polar surface area (TPSA) is 86.7 Å². The van der Waals surface area contributed by atoms with Gasteiger partial charge >= 0.3 is 5.97 Å². The van der Waals surface area contributed by atoms with Crippen LogP contribution in [0.2, 0.25) is 0 Å². The van der Waals surface area contributed by atoms with E-state index in [1.165, 1.54) is 0 Å². The van der Waals surface area contributed by atoms with E-state index in [0.717, 1.165) is 5.75 Å². The van der Waals surface area contributed by atoms with E-state index in [0.29, 0.717) is 12.3 Å². The van der Waals surface area contributed by atoms with E-state index >= 15 is 0 Å². The van der Waals surface area contributed by atoms with Crippen molar-refractivity contribution in [3.63, 3.8) is 0 Å². The summed E-state index contributed by atoms with van der Waals surface area (Å²) in [5.41, 5.74) is 0. The minimum atomic E-state index is -0.931. The maximum Gasteiger partial charge on any atom is 0.321 e. The SMILES string of the molecule is O=C1CC(N2CCSCC2C(=O)O)C(=O)N1. The minimum Gasteiger partial charge on any atom is -0.480 e. The molecule has 2 N–H and O–H groups in total. The van der Waals surface area contributed by atoms with Crippen molar-refractivity contribution in [3.8, 4) is 0 Å². The first-order valence-corrected chi connectivity index (χ1v) is 6.15. The lowest BCUT2D eigenvalue weighted by atomic mass is 10.1. The molecule has 2 fully saturated rings. The Kier molecular flexibility index (Phi) is 3.15. The van der Waals surface area contributed by atoms with Crippen molar-refractivity contribution in [2.75, 3.05) is 18.1 Å². The van der Waals surface area contributed by atoms with Crippen LogP contribution in [-0.4, -0.2) is 57.9 Å². The molecule has 0 aliphatic carbocycles. The molecule has 2 heterocycles. The van der Waals surface area contributed by atoms with Crippen LogP contribution in [-0.2, 0) is 14.4 Å². The number of nitrogens with zero attached hydrogens (tertiary/aromatic N) is 1. The summed E-state index contributed by atoms with van der Waals surface area (Å²) in [6, 6.07) is -1.27. The van der Waals surface area contributed by atoms with Gasteiger partial charge in [0.25, 0.3) is 0 Å². The summed E-state index contributed by atoms with van der Waals surface area (Å²) in [6.07, 6.45) is 0.0767. The molecule has 0 aromatic heterocycles. The molecule has 6 nitrogen and oxygen atoms in total. The van der Waals surface area contributed by atoms with Gasteiger partial charge in [0.2, 0.25) is 11.8 Å². The first-order valence-electron chi connectivity index (χ1n) is 4.99. The van der Waals surface area contributed by atoms with Gasteiger partial charge in [0.1, 0.15) is 6.04 Å². The number of carbonyl (C=O) groups excluding carboxylic acids is 2. The van der Waals surface area contributed by atoms with Crippen molar-refractivity contribution in [2.45, 2.75) is 18.5 Å². The van der Waals surface area contributed by atoms with Gasteiger partial charge in [-0.3, -0.25) is 24.6 Å². The highest BCUT2D eigenvalue weighted by molar-refractivity contribution is 7.99. The van der Waals surface area contributed by atoms with E-state index in [-0.39, 0.29) is 18.2 Å². The van der Waals surface area contributed by atoms with Crippen LogP contribution >= 0.6 is 11.8 Å². The maximum atomic E-state index is 11.5. The second kappa shape index (κ2) is 4.42. The average Bonchev–Trinajstić information content (AvgIpc) is 2.57. The van der Waals surface area contributed by atoms with Crippen molar-refractivity contribution >= 4 is 29.5 Å². The van der Waals surface area contributed by atoms with E-state index < -0.39 is 18.1 Å². The lowest BCUT2D eigenvalue weighted by Crippen LogP contribution is -2.54. The van der Waals surface area contributed by atoms with Crippen molar-refractivity contribution in [3.05, 3.63) is 0 Å². The second-order valence-corrected chi connectivity index (χ2v) is 4.95. The maximum absolute atomic E-state index is 11.5. The quantitative estimate of drug-likeness (QED) is 0.600. The summed E-state index contributed by atoms with van der Waals surface area (Å²) in [5, 5.41) is 11.3. The van der Waals surface area contributed by atoms with Crippen LogP contribution in [0.25, 0.3) is 0 Å². The first kappa shape index (κ1) is 11.4. The first-order chi connectivity index (χ1) is 7.59. The molecule has 0 radical (unpaired) electrons. The molecule has 2 aliphatic rings. The fraction of sp³-hybridized carbons (Fsp3) is 0.667. The standard InChI is InChI=1S/C9H12N2O4S/c12-7-3-5(8(13)10-7)11-1-2-16-4-6(11)9(14)15/h5-6H,1-4H2,(H,14,15)(H,10,12,13). The Morgan fingerprint density at radius 2 is 2.25 bits per heavy atom. The lowest BCUT2D eigenvalue weighted by molar-refractivity contribution is -0.144. The van der Waals surface area contributed by atoms with Gasteiger partial charge in [0, 0.05) is 18.1 Å². The predicted octanol–water partition coefficient (Wildman–Crippen LogP) is -1.10. The summed E-state index contributed by atoms with van der Waals surface area (Å²) in [4.78, 5) is 35.2. The Morgan fingerprint density at radius 1 is 1.50 bits per heavy atom. The molecule has 2 rings (SSSR count). The summed E-state index contributed by atoms with van der Waals surface area (Å²) in [7, 11) is 0. The summed E-state index contributed by atoms with van der Waals surface area (Å²) in [6.45, 7) is 0.535. The lowest BCUT2D eigenvalue weighted by Gasteiger charge is -2.35. The van der Waals surface area contributed by atoms with Gasteiger partial charge in [0.05, 0.1) is 12.5 Å². The van der Waals surface area contributed by atoms with Crippen LogP contribution in [0.15, 0.2) is 0 Å². The van der Waals surface area contributed by atoms with Crippen LogP contribution in [0.5, 0.6) is 0 Å². The number of rotatable bonds is 2. The fourth-order valence-corrected chi connectivity index (χ4v) is 3.07. The number of hydrogen-bond donors (Lipinski definition) is 2. The number of nitrogens with one attached hydrogen (secondary N) is 1. The van der Waals surface area contributed by atoms with Gasteiger partial charge in [-0.2, -0.15) is 11.8 Å². The summed E-state index contributed by atoms with van der Waals surface area (Å²) in [5.74, 6) is -0.366. The molecule has 0 spiro atoms. The summed E-state index contributed by atoms with van der Waals surface area (Å²) < 4.78 is 0. The number of amides is 2. The Morgan fingerprint density at radius 3 is 2.81 bits per heavy atom. The van der Waals surface area contributed by atoms with Gasteiger partial charge in [-0.05, 0) is 0 Å². The number of carboxylic acids is 1. The van der Waals surface area contributed by atoms with Crippen LogP contribution in [0, 0.1) is 0 Å². The van der Waals surface area contributed by atoms with E-state index in [9.17, 15) is 14.4 Å². The molecule has 2 saturated heterocycles. The normalized spacial score (nSPS) is 31.5. The Hall–Kier alpha value is -1.08. The van der Waals surface area contributed by atoms with E-state index in [2.05, 4.69) is 5.32 Å². The molecule has 0 aromatic carbocycles. The number of thioether (sulfide) groups is 1. The highest BCUT2D eigenvalue weighted by Crippen LogP contribution is 2.22. The molecule has 0 saturated carbocycles. The zero-order chi connectivity index (χ0) is 11.7. The molecule has 2 aliphatic heterocycles. The number of carbonyl (C=O) groups is 3. The average molecular weight is 244 g/mol. The third-order valence-electron chi connectivity index (χ3n) is 2.80. The van der Waals surface area contributed by atoms with Crippen LogP contribution < -0.4 is 5.32 Å². The highest BCUT2D eigenvalue weighted by Gasteiger charge is 2.41. The third kappa shape index (κ3) is 2.05. The van der Waals surface area contributed by atoms with E-state index in [1.807, 2.05) is 0 Å². The molecule has 2 atom stereocenters. The number of carboxylic acid groups (broad SMARTS) is 1. The smallest absolute Gasteiger partial charge is 0.321 e. The second-order valence-electron chi connectivity index (χ2n) is 3.80. The third-order valence-corrected chi connectivity index (χ3v) is 3.82. The highest BCUT2D eigenvalue weighted by atomic mass is 32.2. The van der Waals surface area contributed by atoms with Gasteiger partial charge in [-0.25, -0.2) is 0 Å². The molecule has 16 heavy (non-hydrogen) atoms. The van der Waals surface area contributed by atoms with E-state index in [4.69, 9.17) is 5.11 Å². The molecule has 7 heteroatoms. The van der Waals surface area contributed by atoms with Crippen molar-refractivity contribution < 1.29 is 19.5 Å². The molecule has 2 unspecified atom stereocenters. The van der Waals surface area contributed by atoms with Crippen LogP contribution in [0.3, 0.4) is 0 Å². The molecule has 2 amide bonds. The summed E-state index contributed by atoms with van der Waals surface area (Å²) >= 11 is 1.56. The number of aliphatic carboxylic acids is 1. The van der Waals surface area contributed by atoms with Gasteiger partial charge < -0.3 is 5.11 Å². The minimum absolute atomic E-state index is 0.0767. The largest absolute Gasteiger partial charge is 0.480 e. The van der Waals surface area contributed by atoms with Gasteiger partial charge in [0.15, 0.2) is 0 Å². The molecular weight excluding hydrogens is 232 g/mol. The van der Waals surface area contributed by atoms with E-state index in [1.54, 1.807) is 16.7 Å². The zero-order valence-corrected chi connectivity index (χ0v) is 9.33. The zero-order valence-electron chi connectivity index (χ0n) is 8.51. The van der Waals surface area contributed by atoms with Crippen molar-refractivity contribution in [1.29, 1.82) is 0 Å². The molecule has 0 aromatic rings. The monoisotopic (exact) mass is 244 g/mol. The van der Waals surface area contributed by atoms with Crippen LogP contribution in [0.4, 0.5) is 0 Å². The van der Waals surface area contributed by atoms with Crippen molar-refractivity contribution in [2.24, 2.45) is 0 Å². The molecule has 0 bridgehead atoms. The predicted molar refractivity (Wildman–Crippen MR) is 57.0 cm³/mol. The molecule has 88 valence electrons. The number of hydrogen-bond acceptors (Lipinski definition) is 5. The Bertz CT molecular complexity index is 346.